The number of carbonyl (C=O) groups is 1. The maximum atomic E-state index is 11.3. The van der Waals surface area contributed by atoms with Gasteiger partial charge < -0.3 is 4.74 Å². The quantitative estimate of drug-likeness (QED) is 0.700. The molecule has 0 bridgehead atoms. The molecule has 1 heterocycles. The molecule has 1 aromatic rings. The highest BCUT2D eigenvalue weighted by atomic mass is 16.5. The lowest BCUT2D eigenvalue weighted by Crippen LogP contribution is -2.20. The predicted molar refractivity (Wildman–Crippen MR) is 49.9 cm³/mol. The summed E-state index contributed by atoms with van der Waals surface area (Å²) in [5.74, 6) is -0.396. The molecule has 0 saturated heterocycles. The van der Waals surface area contributed by atoms with Gasteiger partial charge in [-0.1, -0.05) is 0 Å². The molecule has 0 saturated carbocycles. The van der Waals surface area contributed by atoms with E-state index in [-0.39, 0.29) is 12.0 Å². The minimum absolute atomic E-state index is 0.00245. The first-order chi connectivity index (χ1) is 6.65. The third kappa shape index (κ3) is 2.42. The SMILES string of the molecule is CCOC(=O)Cc1c(C)cn[nH]c1=O. The van der Waals surface area contributed by atoms with E-state index in [2.05, 4.69) is 10.2 Å². The normalized spacial score (nSPS) is 9.86. The topological polar surface area (TPSA) is 72.0 Å². The van der Waals surface area contributed by atoms with Crippen molar-refractivity contribution < 1.29 is 9.53 Å². The molecule has 76 valence electrons. The summed E-state index contributed by atoms with van der Waals surface area (Å²) in [7, 11) is 0. The van der Waals surface area contributed by atoms with Gasteiger partial charge in [-0.15, -0.1) is 0 Å². The largest absolute Gasteiger partial charge is 0.466 e. The molecule has 0 aliphatic heterocycles. The van der Waals surface area contributed by atoms with Gasteiger partial charge in [0.05, 0.1) is 19.2 Å². The van der Waals surface area contributed by atoms with E-state index in [0.29, 0.717) is 17.7 Å². The summed E-state index contributed by atoms with van der Waals surface area (Å²) in [5, 5.41) is 5.88. The number of aromatic amines is 1. The smallest absolute Gasteiger partial charge is 0.310 e. The van der Waals surface area contributed by atoms with Gasteiger partial charge in [0.25, 0.3) is 5.56 Å². The Bertz CT molecular complexity index is 384. The number of aryl methyl sites for hydroxylation is 1. The summed E-state index contributed by atoms with van der Waals surface area (Å²) in [6, 6.07) is 0. The molecule has 0 atom stereocenters. The minimum Gasteiger partial charge on any atom is -0.466 e. The first-order valence-electron chi connectivity index (χ1n) is 4.34. The van der Waals surface area contributed by atoms with Crippen molar-refractivity contribution in [3.63, 3.8) is 0 Å². The van der Waals surface area contributed by atoms with E-state index >= 15 is 0 Å². The van der Waals surface area contributed by atoms with Crippen LogP contribution in [0.1, 0.15) is 18.1 Å². The standard InChI is InChI=1S/C9H12N2O3/c1-3-14-8(12)4-7-6(2)5-10-11-9(7)13/h5H,3-4H2,1-2H3,(H,11,13). The Morgan fingerprint density at radius 2 is 2.36 bits per heavy atom. The van der Waals surface area contributed by atoms with Crippen molar-refractivity contribution in [2.24, 2.45) is 0 Å². The van der Waals surface area contributed by atoms with E-state index in [4.69, 9.17) is 4.74 Å². The molecule has 1 rings (SSSR count). The Balaban J connectivity index is 2.86. The van der Waals surface area contributed by atoms with Crippen LogP contribution < -0.4 is 5.56 Å². The van der Waals surface area contributed by atoms with Crippen LogP contribution in [0.25, 0.3) is 0 Å². The lowest BCUT2D eigenvalue weighted by Gasteiger charge is -2.02. The number of hydrogen-bond acceptors (Lipinski definition) is 4. The molecule has 1 N–H and O–H groups in total. The zero-order chi connectivity index (χ0) is 10.6. The third-order valence-corrected chi connectivity index (χ3v) is 1.80. The fourth-order valence-corrected chi connectivity index (χ4v) is 1.09. The highest BCUT2D eigenvalue weighted by Gasteiger charge is 2.10. The monoisotopic (exact) mass is 196 g/mol. The van der Waals surface area contributed by atoms with E-state index in [0.717, 1.165) is 0 Å². The Kier molecular flexibility index (Phi) is 3.39. The van der Waals surface area contributed by atoms with Crippen LogP contribution >= 0.6 is 0 Å². The number of nitrogens with zero attached hydrogens (tertiary/aromatic N) is 1. The molecule has 14 heavy (non-hydrogen) atoms. The zero-order valence-electron chi connectivity index (χ0n) is 8.16. The molecule has 0 aromatic carbocycles. The number of ether oxygens (including phenoxy) is 1. The molecular formula is C9H12N2O3. The fraction of sp³-hybridized carbons (Fsp3) is 0.444. The van der Waals surface area contributed by atoms with Crippen LogP contribution in [0.4, 0.5) is 0 Å². The van der Waals surface area contributed by atoms with Gasteiger partial charge in [-0.2, -0.15) is 5.10 Å². The lowest BCUT2D eigenvalue weighted by atomic mass is 10.1. The van der Waals surface area contributed by atoms with Crippen LogP contribution in [0.5, 0.6) is 0 Å². The summed E-state index contributed by atoms with van der Waals surface area (Å²) >= 11 is 0. The number of rotatable bonds is 3. The number of hydrogen-bond donors (Lipinski definition) is 1. The number of H-pyrrole nitrogens is 1. The molecule has 0 radical (unpaired) electrons. The van der Waals surface area contributed by atoms with Crippen LogP contribution in [-0.2, 0) is 16.0 Å². The molecule has 0 aliphatic rings. The van der Waals surface area contributed by atoms with Gasteiger partial charge in [0.15, 0.2) is 0 Å². The van der Waals surface area contributed by atoms with E-state index in [1.807, 2.05) is 0 Å². The average molecular weight is 196 g/mol. The van der Waals surface area contributed by atoms with Crippen LogP contribution in [-0.4, -0.2) is 22.8 Å². The second-order valence-corrected chi connectivity index (χ2v) is 2.84. The number of nitrogens with one attached hydrogen (secondary N) is 1. The van der Waals surface area contributed by atoms with Gasteiger partial charge in [-0.25, -0.2) is 5.10 Å². The van der Waals surface area contributed by atoms with Crippen LogP contribution in [0, 0.1) is 6.92 Å². The first-order valence-corrected chi connectivity index (χ1v) is 4.34. The highest BCUT2D eigenvalue weighted by Crippen LogP contribution is 2.00. The maximum absolute atomic E-state index is 11.3. The van der Waals surface area contributed by atoms with Gasteiger partial charge in [0, 0.05) is 5.56 Å². The van der Waals surface area contributed by atoms with Crippen LogP contribution in [0.3, 0.4) is 0 Å². The third-order valence-electron chi connectivity index (χ3n) is 1.80. The van der Waals surface area contributed by atoms with Gasteiger partial charge in [-0.3, -0.25) is 9.59 Å². The van der Waals surface area contributed by atoms with Crippen molar-refractivity contribution in [1.82, 2.24) is 10.2 Å². The number of carbonyl (C=O) groups excluding carboxylic acids is 1. The molecule has 0 unspecified atom stereocenters. The summed E-state index contributed by atoms with van der Waals surface area (Å²) in [4.78, 5) is 22.4. The second-order valence-electron chi connectivity index (χ2n) is 2.84. The molecular weight excluding hydrogens is 184 g/mol. The Morgan fingerprint density at radius 3 is 2.93 bits per heavy atom. The molecule has 0 aliphatic carbocycles. The zero-order valence-corrected chi connectivity index (χ0v) is 8.16. The van der Waals surface area contributed by atoms with E-state index in [1.165, 1.54) is 6.20 Å². The van der Waals surface area contributed by atoms with Crippen molar-refractivity contribution in [3.8, 4) is 0 Å². The van der Waals surface area contributed by atoms with Crippen LogP contribution in [0.2, 0.25) is 0 Å². The van der Waals surface area contributed by atoms with Gasteiger partial charge in [0.2, 0.25) is 0 Å². The van der Waals surface area contributed by atoms with Gasteiger partial charge in [-0.05, 0) is 19.4 Å². The van der Waals surface area contributed by atoms with Gasteiger partial charge in [0.1, 0.15) is 0 Å². The average Bonchev–Trinajstić information content (AvgIpc) is 2.12. The fourth-order valence-electron chi connectivity index (χ4n) is 1.09. The summed E-state index contributed by atoms with van der Waals surface area (Å²) < 4.78 is 4.74. The Labute approximate surface area is 81.1 Å². The second kappa shape index (κ2) is 4.55. The molecule has 0 spiro atoms. The van der Waals surface area contributed by atoms with Crippen molar-refractivity contribution in [3.05, 3.63) is 27.7 Å². The summed E-state index contributed by atoms with van der Waals surface area (Å²) in [6.07, 6.45) is 1.51. The van der Waals surface area contributed by atoms with Crippen LogP contribution in [0.15, 0.2) is 11.0 Å². The van der Waals surface area contributed by atoms with Crippen molar-refractivity contribution in [2.75, 3.05) is 6.61 Å². The lowest BCUT2D eigenvalue weighted by molar-refractivity contribution is -0.142. The van der Waals surface area contributed by atoms with Crippen molar-refractivity contribution in [2.45, 2.75) is 20.3 Å². The molecule has 0 amide bonds. The molecule has 0 fully saturated rings. The molecule has 5 heteroatoms. The number of esters is 1. The van der Waals surface area contributed by atoms with E-state index in [9.17, 15) is 9.59 Å². The molecule has 5 nitrogen and oxygen atoms in total. The summed E-state index contributed by atoms with van der Waals surface area (Å²) in [5.41, 5.74) is 0.776. The van der Waals surface area contributed by atoms with E-state index in [1.54, 1.807) is 13.8 Å². The predicted octanol–water partition coefficient (Wildman–Crippen LogP) is 0.184. The minimum atomic E-state index is -0.396. The Morgan fingerprint density at radius 1 is 1.64 bits per heavy atom. The molecule has 1 aromatic heterocycles. The maximum Gasteiger partial charge on any atom is 0.310 e. The highest BCUT2D eigenvalue weighted by molar-refractivity contribution is 5.72. The van der Waals surface area contributed by atoms with Crippen molar-refractivity contribution >= 4 is 5.97 Å². The Hall–Kier alpha value is -1.65. The number of aromatic nitrogens is 2. The summed E-state index contributed by atoms with van der Waals surface area (Å²) in [6.45, 7) is 3.78. The van der Waals surface area contributed by atoms with Crippen molar-refractivity contribution in [1.29, 1.82) is 0 Å². The van der Waals surface area contributed by atoms with Gasteiger partial charge >= 0.3 is 5.97 Å². The van der Waals surface area contributed by atoms with E-state index < -0.39 is 5.97 Å². The first kappa shape index (κ1) is 10.4.